The fourth-order valence-corrected chi connectivity index (χ4v) is 5.35. The van der Waals surface area contributed by atoms with Crippen molar-refractivity contribution in [1.82, 2.24) is 10.2 Å². The first-order valence-electron chi connectivity index (χ1n) is 11.0. The summed E-state index contributed by atoms with van der Waals surface area (Å²) in [6, 6.07) is 15.3. The van der Waals surface area contributed by atoms with E-state index in [0.29, 0.717) is 6.54 Å². The number of carbonyl (C=O) groups excluding carboxylic acids is 2. The maximum atomic E-state index is 13.8. The van der Waals surface area contributed by atoms with Gasteiger partial charge in [-0.25, -0.2) is 0 Å². The zero-order chi connectivity index (χ0) is 21.3. The number of amides is 2. The van der Waals surface area contributed by atoms with Crippen LogP contribution in [0.5, 0.6) is 0 Å². The van der Waals surface area contributed by atoms with Crippen LogP contribution in [0.15, 0.2) is 53.4 Å². The molecule has 4 rings (SSSR count). The lowest BCUT2D eigenvalue weighted by Gasteiger charge is -2.43. The number of hydrogen-bond acceptors (Lipinski definition) is 3. The van der Waals surface area contributed by atoms with E-state index in [-0.39, 0.29) is 23.7 Å². The van der Waals surface area contributed by atoms with Crippen LogP contribution in [0.25, 0.3) is 0 Å². The van der Waals surface area contributed by atoms with Gasteiger partial charge in [-0.2, -0.15) is 0 Å². The number of nitrogens with zero attached hydrogens (tertiary/aromatic N) is 1. The second-order valence-corrected chi connectivity index (χ2v) is 9.02. The molecule has 0 radical (unpaired) electrons. The summed E-state index contributed by atoms with van der Waals surface area (Å²) in [7, 11) is 0. The first-order valence-corrected chi connectivity index (χ1v) is 11.4. The number of fused-ring (bicyclic) bond motifs is 1. The second-order valence-electron chi connectivity index (χ2n) is 8.54. The van der Waals surface area contributed by atoms with E-state index < -0.39 is 12.1 Å². The Bertz CT molecular complexity index is 915. The van der Waals surface area contributed by atoms with Crippen LogP contribution < -0.4 is 5.32 Å². The molecular weight excluding hydrogens is 392 g/mol. The topological polar surface area (TPSA) is 49.4 Å². The number of thiol groups is 1. The first kappa shape index (κ1) is 21.0. The molecule has 2 atom stereocenters. The Kier molecular flexibility index (Phi) is 6.19. The van der Waals surface area contributed by atoms with Crippen LogP contribution in [-0.2, 0) is 29.0 Å². The quantitative estimate of drug-likeness (QED) is 0.691. The summed E-state index contributed by atoms with van der Waals surface area (Å²) in [5.41, 5.74) is 3.56. The van der Waals surface area contributed by atoms with E-state index in [2.05, 4.69) is 43.9 Å². The van der Waals surface area contributed by atoms with Crippen molar-refractivity contribution in [3.05, 3.63) is 65.2 Å². The van der Waals surface area contributed by atoms with Gasteiger partial charge < -0.3 is 10.2 Å². The van der Waals surface area contributed by atoms with E-state index in [1.807, 2.05) is 41.3 Å². The predicted molar refractivity (Wildman–Crippen MR) is 121 cm³/mol. The molecule has 0 saturated carbocycles. The Balaban J connectivity index is 1.64. The lowest BCUT2D eigenvalue weighted by Crippen LogP contribution is -2.66. The smallest absolute Gasteiger partial charge is 0.246 e. The molecule has 1 fully saturated rings. The van der Waals surface area contributed by atoms with Crippen LogP contribution in [-0.4, -0.2) is 28.8 Å². The van der Waals surface area contributed by atoms with Crippen molar-refractivity contribution in [2.45, 2.75) is 63.1 Å². The van der Waals surface area contributed by atoms with E-state index in [1.54, 1.807) is 0 Å². The van der Waals surface area contributed by atoms with Gasteiger partial charge in [-0.1, -0.05) is 69.2 Å². The Labute approximate surface area is 184 Å². The maximum Gasteiger partial charge on any atom is 0.246 e. The average Bonchev–Trinajstić information content (AvgIpc) is 3.18. The Morgan fingerprint density at radius 2 is 1.60 bits per heavy atom. The average molecular weight is 423 g/mol. The highest BCUT2D eigenvalue weighted by Crippen LogP contribution is 2.33. The molecule has 4 nitrogen and oxygen atoms in total. The molecule has 2 unspecified atom stereocenters. The molecular formula is C25H30N2O2S. The first-order chi connectivity index (χ1) is 14.5. The highest BCUT2D eigenvalue weighted by molar-refractivity contribution is 7.80. The molecule has 1 N–H and O–H groups in total. The van der Waals surface area contributed by atoms with Crippen LogP contribution >= 0.6 is 12.6 Å². The zero-order valence-electron chi connectivity index (χ0n) is 17.7. The molecule has 158 valence electrons. The van der Waals surface area contributed by atoms with Gasteiger partial charge in [0, 0.05) is 11.4 Å². The van der Waals surface area contributed by atoms with E-state index >= 15 is 0 Å². The summed E-state index contributed by atoms with van der Waals surface area (Å²) in [6.45, 7) is 4.61. The second kappa shape index (κ2) is 8.84. The summed E-state index contributed by atoms with van der Waals surface area (Å²) in [6.07, 6.45) is 3.39. The van der Waals surface area contributed by atoms with Gasteiger partial charge in [0.25, 0.3) is 0 Å². The molecule has 2 aliphatic rings. The van der Waals surface area contributed by atoms with Crippen LogP contribution in [0.4, 0.5) is 0 Å². The molecule has 1 saturated heterocycles. The van der Waals surface area contributed by atoms with Crippen molar-refractivity contribution < 1.29 is 9.59 Å². The van der Waals surface area contributed by atoms with Crippen LogP contribution in [0.3, 0.4) is 0 Å². The third kappa shape index (κ3) is 3.87. The molecule has 0 spiro atoms. The van der Waals surface area contributed by atoms with Gasteiger partial charge in [0.2, 0.25) is 11.8 Å². The van der Waals surface area contributed by atoms with Crippen molar-refractivity contribution in [1.29, 1.82) is 0 Å². The Morgan fingerprint density at radius 3 is 2.20 bits per heavy atom. The molecule has 30 heavy (non-hydrogen) atoms. The summed E-state index contributed by atoms with van der Waals surface area (Å²) >= 11 is 4.58. The molecule has 1 heterocycles. The van der Waals surface area contributed by atoms with E-state index in [1.165, 1.54) is 11.1 Å². The lowest BCUT2D eigenvalue weighted by molar-refractivity contribution is -0.154. The highest BCUT2D eigenvalue weighted by atomic mass is 32.1. The minimum absolute atomic E-state index is 0.0131. The third-order valence-corrected chi connectivity index (χ3v) is 7.27. The van der Waals surface area contributed by atoms with Gasteiger partial charge in [-0.3, -0.25) is 9.59 Å². The Hall–Kier alpha value is -2.27. The third-order valence-electron chi connectivity index (χ3n) is 6.83. The molecule has 5 heteroatoms. The van der Waals surface area contributed by atoms with Crippen LogP contribution in [0.2, 0.25) is 0 Å². The number of carbonyl (C=O) groups is 2. The van der Waals surface area contributed by atoms with Crippen molar-refractivity contribution in [2.24, 2.45) is 11.8 Å². The molecule has 0 aromatic heterocycles. The molecule has 1 aliphatic heterocycles. The predicted octanol–water partition coefficient (Wildman–Crippen LogP) is 4.02. The summed E-state index contributed by atoms with van der Waals surface area (Å²) in [5.74, 6) is 0.278. The molecule has 0 bridgehead atoms. The lowest BCUT2D eigenvalue weighted by atomic mass is 9.86. The van der Waals surface area contributed by atoms with Crippen LogP contribution in [0, 0.1) is 11.8 Å². The number of piperazine rings is 1. The van der Waals surface area contributed by atoms with Gasteiger partial charge in [0.1, 0.15) is 12.1 Å². The van der Waals surface area contributed by atoms with E-state index in [0.717, 1.165) is 36.1 Å². The monoisotopic (exact) mass is 422 g/mol. The van der Waals surface area contributed by atoms with Crippen molar-refractivity contribution in [3.63, 3.8) is 0 Å². The van der Waals surface area contributed by atoms with Gasteiger partial charge in [0.15, 0.2) is 0 Å². The largest absolute Gasteiger partial charge is 0.342 e. The fourth-order valence-electron chi connectivity index (χ4n) is 5.11. The SMILES string of the molecule is CCC(CC)C1C(=O)NC(C2Cc3ccccc3C2)C(=O)N1Cc1ccccc1S. The molecule has 2 aromatic rings. The normalized spacial score (nSPS) is 21.8. The Morgan fingerprint density at radius 1 is 1.00 bits per heavy atom. The fraction of sp³-hybridized carbons (Fsp3) is 0.440. The van der Waals surface area contributed by atoms with Gasteiger partial charge in [0.05, 0.1) is 0 Å². The van der Waals surface area contributed by atoms with Crippen molar-refractivity contribution >= 4 is 24.4 Å². The molecule has 1 aliphatic carbocycles. The summed E-state index contributed by atoms with van der Waals surface area (Å²) in [5, 5.41) is 3.12. The van der Waals surface area contributed by atoms with Crippen molar-refractivity contribution in [3.8, 4) is 0 Å². The number of hydrogen-bond donors (Lipinski definition) is 2. The van der Waals surface area contributed by atoms with Gasteiger partial charge >= 0.3 is 0 Å². The summed E-state index contributed by atoms with van der Waals surface area (Å²) < 4.78 is 0. The minimum Gasteiger partial charge on any atom is -0.342 e. The van der Waals surface area contributed by atoms with Gasteiger partial charge in [-0.15, -0.1) is 12.6 Å². The van der Waals surface area contributed by atoms with Crippen molar-refractivity contribution in [2.75, 3.05) is 0 Å². The number of benzene rings is 2. The standard InChI is InChI=1S/C25H30N2O2S/c1-3-16(4-2)23-24(28)26-22(20-13-17-9-5-6-10-18(17)14-20)25(29)27(23)15-19-11-7-8-12-21(19)30/h5-12,16,20,22-23,30H,3-4,13-15H2,1-2H3,(H,26,28). The number of nitrogens with one attached hydrogen (secondary N) is 1. The highest BCUT2D eigenvalue weighted by Gasteiger charge is 2.46. The van der Waals surface area contributed by atoms with E-state index in [9.17, 15) is 9.59 Å². The molecule has 2 aromatic carbocycles. The van der Waals surface area contributed by atoms with E-state index in [4.69, 9.17) is 0 Å². The van der Waals surface area contributed by atoms with Gasteiger partial charge in [-0.05, 0) is 47.4 Å². The maximum absolute atomic E-state index is 13.8. The van der Waals surface area contributed by atoms with Crippen LogP contribution in [0.1, 0.15) is 43.4 Å². The summed E-state index contributed by atoms with van der Waals surface area (Å²) in [4.78, 5) is 29.7. The minimum atomic E-state index is -0.470. The zero-order valence-corrected chi connectivity index (χ0v) is 18.6. The molecule has 2 amide bonds. The number of rotatable bonds is 6.